The van der Waals surface area contributed by atoms with Gasteiger partial charge < -0.3 is 15.4 Å². The molecule has 1 unspecified atom stereocenters. The molecule has 0 saturated carbocycles. The van der Waals surface area contributed by atoms with Gasteiger partial charge in [0.2, 0.25) is 5.95 Å². The molecule has 1 atom stereocenters. The fourth-order valence-corrected chi connectivity index (χ4v) is 4.68. The second-order valence-corrected chi connectivity index (χ2v) is 9.58. The molecule has 1 aliphatic rings. The highest BCUT2D eigenvalue weighted by atomic mass is 16.5. The number of nitrogens with one attached hydrogen (secondary N) is 2. The minimum Gasteiger partial charge on any atom is -0.489 e. The van der Waals surface area contributed by atoms with E-state index >= 15 is 0 Å². The molecule has 1 aromatic heterocycles. The minimum absolute atomic E-state index is 0.184. The van der Waals surface area contributed by atoms with Gasteiger partial charge in [-0.05, 0) is 86.2 Å². The first-order valence-corrected chi connectivity index (χ1v) is 12.4. The number of hydrogen-bond acceptors (Lipinski definition) is 5. The molecule has 0 saturated heterocycles. The Balaban J connectivity index is 1.41. The van der Waals surface area contributed by atoms with Crippen molar-refractivity contribution in [2.75, 3.05) is 10.6 Å². The normalized spacial score (nSPS) is 14.7. The number of anilines is 2. The number of carbonyl (C=O) groups excluding carboxylic acids is 1. The van der Waals surface area contributed by atoms with Crippen LogP contribution in [0.4, 0.5) is 11.6 Å². The first-order chi connectivity index (χ1) is 17.8. The van der Waals surface area contributed by atoms with Gasteiger partial charge in [0.05, 0.1) is 5.57 Å². The van der Waals surface area contributed by atoms with Crippen molar-refractivity contribution in [3.63, 3.8) is 0 Å². The predicted molar refractivity (Wildman–Crippen MR) is 146 cm³/mol. The average molecular weight is 494 g/mol. The number of benzene rings is 3. The van der Waals surface area contributed by atoms with E-state index in [1.165, 1.54) is 28.6 Å². The molecule has 188 valence electrons. The van der Waals surface area contributed by atoms with Gasteiger partial charge in [0.25, 0.3) is 5.91 Å². The zero-order valence-corrected chi connectivity index (χ0v) is 21.8. The predicted octanol–water partition coefficient (Wildman–Crippen LogP) is 6.02. The Hall–Kier alpha value is -4.39. The van der Waals surface area contributed by atoms with E-state index in [9.17, 15) is 4.79 Å². The monoisotopic (exact) mass is 493 g/mol. The molecule has 0 bridgehead atoms. The van der Waals surface area contributed by atoms with Crippen LogP contribution in [0, 0.1) is 27.7 Å². The first kappa shape index (κ1) is 24.3. The number of fused-ring (bicyclic) bond motifs is 1. The number of ether oxygens (including phenoxy) is 1. The Morgan fingerprint density at radius 3 is 2.43 bits per heavy atom. The highest BCUT2D eigenvalue weighted by Gasteiger charge is 2.33. The summed E-state index contributed by atoms with van der Waals surface area (Å²) in [7, 11) is 0. The first-order valence-electron chi connectivity index (χ1n) is 12.4. The van der Waals surface area contributed by atoms with Crippen LogP contribution < -0.4 is 15.4 Å². The molecule has 0 radical (unpaired) electrons. The maximum absolute atomic E-state index is 13.6. The van der Waals surface area contributed by atoms with Gasteiger partial charge in [-0.3, -0.25) is 4.79 Å². The lowest BCUT2D eigenvalue weighted by atomic mass is 9.95. The van der Waals surface area contributed by atoms with E-state index in [1.807, 2.05) is 62.4 Å². The summed E-state index contributed by atoms with van der Waals surface area (Å²) in [5.74, 6) is 1.18. The molecule has 37 heavy (non-hydrogen) atoms. The summed E-state index contributed by atoms with van der Waals surface area (Å²) in [6.07, 6.45) is 1.49. The third-order valence-corrected chi connectivity index (χ3v) is 6.97. The maximum atomic E-state index is 13.6. The highest BCUT2D eigenvalue weighted by molar-refractivity contribution is 6.06. The molecule has 0 spiro atoms. The molecule has 4 aromatic rings. The Morgan fingerprint density at radius 1 is 0.946 bits per heavy atom. The van der Waals surface area contributed by atoms with Crippen molar-refractivity contribution < 1.29 is 9.53 Å². The van der Waals surface area contributed by atoms with Crippen molar-refractivity contribution in [2.24, 2.45) is 0 Å². The van der Waals surface area contributed by atoms with Crippen molar-refractivity contribution in [1.82, 2.24) is 14.8 Å². The lowest BCUT2D eigenvalue weighted by Gasteiger charge is -2.29. The Kier molecular flexibility index (Phi) is 6.53. The summed E-state index contributed by atoms with van der Waals surface area (Å²) >= 11 is 0. The maximum Gasteiger partial charge on any atom is 0.255 e. The Labute approximate surface area is 217 Å². The SMILES string of the molecule is CC1=C(C(=O)Nc2ccccc2C)C(c2ccc(OCc3cc(C)c(C)cc3C)cc2)n2ncnc2N1. The lowest BCUT2D eigenvalue weighted by Crippen LogP contribution is -2.31. The lowest BCUT2D eigenvalue weighted by molar-refractivity contribution is -0.113. The summed E-state index contributed by atoms with van der Waals surface area (Å²) in [5.41, 5.74) is 8.95. The molecule has 1 amide bonds. The van der Waals surface area contributed by atoms with Crippen molar-refractivity contribution in [3.8, 4) is 5.75 Å². The van der Waals surface area contributed by atoms with Gasteiger partial charge >= 0.3 is 0 Å². The number of hydrogen-bond donors (Lipinski definition) is 2. The third kappa shape index (κ3) is 4.85. The van der Waals surface area contributed by atoms with Gasteiger partial charge in [-0.15, -0.1) is 0 Å². The van der Waals surface area contributed by atoms with E-state index in [4.69, 9.17) is 4.74 Å². The second-order valence-electron chi connectivity index (χ2n) is 9.58. The third-order valence-electron chi connectivity index (χ3n) is 6.97. The zero-order valence-electron chi connectivity index (χ0n) is 21.8. The van der Waals surface area contributed by atoms with Gasteiger partial charge in [0.15, 0.2) is 0 Å². The van der Waals surface area contributed by atoms with Gasteiger partial charge in [-0.1, -0.05) is 42.5 Å². The minimum atomic E-state index is -0.432. The Morgan fingerprint density at radius 2 is 1.68 bits per heavy atom. The van der Waals surface area contributed by atoms with Crippen LogP contribution in [0.25, 0.3) is 0 Å². The average Bonchev–Trinajstić information content (AvgIpc) is 3.34. The van der Waals surface area contributed by atoms with Gasteiger partial charge in [0.1, 0.15) is 24.7 Å². The van der Waals surface area contributed by atoms with Crippen LogP contribution in [0.3, 0.4) is 0 Å². The highest BCUT2D eigenvalue weighted by Crippen LogP contribution is 2.36. The second kappa shape index (κ2) is 9.93. The van der Waals surface area contributed by atoms with E-state index in [0.717, 1.165) is 28.3 Å². The summed E-state index contributed by atoms with van der Waals surface area (Å²) < 4.78 is 7.86. The van der Waals surface area contributed by atoms with E-state index < -0.39 is 6.04 Å². The van der Waals surface area contributed by atoms with Gasteiger partial charge in [-0.2, -0.15) is 10.1 Å². The number of carbonyl (C=O) groups is 1. The number of aromatic nitrogens is 3. The molecule has 1 aliphatic heterocycles. The summed E-state index contributed by atoms with van der Waals surface area (Å²) in [5, 5.41) is 10.7. The van der Waals surface area contributed by atoms with E-state index in [1.54, 1.807) is 4.68 Å². The van der Waals surface area contributed by atoms with Crippen LogP contribution in [0.15, 0.2) is 78.3 Å². The Bertz CT molecular complexity index is 1500. The molecule has 0 fully saturated rings. The van der Waals surface area contributed by atoms with E-state index in [0.29, 0.717) is 18.1 Å². The fraction of sp³-hybridized carbons (Fsp3) is 0.233. The standard InChI is InChI=1S/C30H31N5O2/c1-18-8-6-7-9-26(18)34-29(36)27-22(5)33-30-31-17-32-35(30)28(27)23-10-12-25(13-11-23)37-16-24-15-20(3)19(2)14-21(24)4/h6-15,17,28H,16H2,1-5H3,(H,34,36)(H,31,32,33). The molecular weight excluding hydrogens is 462 g/mol. The number of rotatable bonds is 6. The topological polar surface area (TPSA) is 81.1 Å². The van der Waals surface area contributed by atoms with Crippen molar-refractivity contribution >= 4 is 17.5 Å². The molecule has 0 aliphatic carbocycles. The number of aryl methyl sites for hydroxylation is 4. The van der Waals surface area contributed by atoms with Crippen LogP contribution in [-0.4, -0.2) is 20.7 Å². The number of nitrogens with zero attached hydrogens (tertiary/aromatic N) is 3. The molecule has 7 nitrogen and oxygen atoms in total. The molecule has 3 aromatic carbocycles. The largest absolute Gasteiger partial charge is 0.489 e. The number of allylic oxidation sites excluding steroid dienone is 1. The van der Waals surface area contributed by atoms with Crippen LogP contribution in [0.1, 0.15) is 46.3 Å². The van der Waals surface area contributed by atoms with Crippen LogP contribution in [-0.2, 0) is 11.4 Å². The van der Waals surface area contributed by atoms with Crippen LogP contribution in [0.5, 0.6) is 5.75 Å². The smallest absolute Gasteiger partial charge is 0.255 e. The molecule has 5 rings (SSSR count). The summed E-state index contributed by atoms with van der Waals surface area (Å²) in [6.45, 7) is 10.7. The quantitative estimate of drug-likeness (QED) is 0.343. The van der Waals surface area contributed by atoms with Crippen LogP contribution >= 0.6 is 0 Å². The zero-order chi connectivity index (χ0) is 26.1. The van der Waals surface area contributed by atoms with E-state index in [-0.39, 0.29) is 5.91 Å². The molecule has 2 heterocycles. The molecule has 7 heteroatoms. The van der Waals surface area contributed by atoms with E-state index in [2.05, 4.69) is 53.6 Å². The van der Waals surface area contributed by atoms with Crippen molar-refractivity contribution in [1.29, 1.82) is 0 Å². The fourth-order valence-electron chi connectivity index (χ4n) is 4.68. The van der Waals surface area contributed by atoms with Crippen molar-refractivity contribution in [2.45, 2.75) is 47.3 Å². The molecule has 2 N–H and O–H groups in total. The number of para-hydroxylation sites is 1. The number of amides is 1. The van der Waals surface area contributed by atoms with Gasteiger partial charge in [-0.25, -0.2) is 4.68 Å². The van der Waals surface area contributed by atoms with Gasteiger partial charge in [0, 0.05) is 11.4 Å². The van der Waals surface area contributed by atoms with Crippen molar-refractivity contribution in [3.05, 3.63) is 112 Å². The van der Waals surface area contributed by atoms with Crippen LogP contribution in [0.2, 0.25) is 0 Å². The summed E-state index contributed by atoms with van der Waals surface area (Å²) in [4.78, 5) is 17.9. The molecular formula is C30H31N5O2. The summed E-state index contributed by atoms with van der Waals surface area (Å²) in [6, 6.07) is 19.5.